The predicted octanol–water partition coefficient (Wildman–Crippen LogP) is 4.36. The van der Waals surface area contributed by atoms with Crippen LogP contribution in [-0.2, 0) is 17.9 Å². The molecule has 1 aliphatic rings. The standard InChI is InChI=1S/C26H24N4O2/c31-25(18-10-11-18)29-24-15-20-7-2-1-6-19(20)14-23(24)26(32)27-16-21-8-3-4-9-22(21)17-30-13-5-12-28-30/h1-9,12-15,18H,10-11,16-17H2,(H,27,32)(H,29,31). The monoisotopic (exact) mass is 424 g/mol. The molecule has 0 aliphatic heterocycles. The topological polar surface area (TPSA) is 76.0 Å². The first-order valence-electron chi connectivity index (χ1n) is 10.8. The minimum absolute atomic E-state index is 0.0149. The molecular formula is C26H24N4O2. The van der Waals surface area contributed by atoms with Crippen LogP contribution in [-0.4, -0.2) is 21.6 Å². The first-order valence-corrected chi connectivity index (χ1v) is 10.8. The third-order valence-corrected chi connectivity index (χ3v) is 5.79. The first-order chi connectivity index (χ1) is 15.7. The van der Waals surface area contributed by atoms with Crippen molar-refractivity contribution >= 4 is 28.3 Å². The number of anilines is 1. The van der Waals surface area contributed by atoms with Crippen LogP contribution in [0.3, 0.4) is 0 Å². The molecule has 0 bridgehead atoms. The maximum Gasteiger partial charge on any atom is 0.253 e. The van der Waals surface area contributed by atoms with Gasteiger partial charge in [0.05, 0.1) is 17.8 Å². The predicted molar refractivity (Wildman–Crippen MR) is 124 cm³/mol. The van der Waals surface area contributed by atoms with Gasteiger partial charge in [-0.25, -0.2) is 0 Å². The van der Waals surface area contributed by atoms with Crippen molar-refractivity contribution in [1.82, 2.24) is 15.1 Å². The molecule has 1 aromatic heterocycles. The summed E-state index contributed by atoms with van der Waals surface area (Å²) in [5.41, 5.74) is 3.16. The number of carbonyl (C=O) groups is 2. The van der Waals surface area contributed by atoms with Gasteiger partial charge < -0.3 is 10.6 Å². The van der Waals surface area contributed by atoms with Gasteiger partial charge in [0.15, 0.2) is 0 Å². The van der Waals surface area contributed by atoms with Crippen LogP contribution in [0.2, 0.25) is 0 Å². The summed E-state index contributed by atoms with van der Waals surface area (Å²) in [6.07, 6.45) is 5.49. The highest BCUT2D eigenvalue weighted by molar-refractivity contribution is 6.08. The van der Waals surface area contributed by atoms with Gasteiger partial charge in [-0.1, -0.05) is 48.5 Å². The van der Waals surface area contributed by atoms with E-state index in [9.17, 15) is 9.59 Å². The zero-order valence-corrected chi connectivity index (χ0v) is 17.6. The van der Waals surface area contributed by atoms with E-state index in [1.54, 1.807) is 6.20 Å². The Hall–Kier alpha value is -3.93. The van der Waals surface area contributed by atoms with Gasteiger partial charge in [-0.2, -0.15) is 5.10 Å². The van der Waals surface area contributed by atoms with Crippen LogP contribution in [0.15, 0.2) is 79.1 Å². The van der Waals surface area contributed by atoms with Crippen molar-refractivity contribution < 1.29 is 9.59 Å². The van der Waals surface area contributed by atoms with Gasteiger partial charge in [0.25, 0.3) is 5.91 Å². The van der Waals surface area contributed by atoms with E-state index in [-0.39, 0.29) is 17.7 Å². The van der Waals surface area contributed by atoms with Crippen molar-refractivity contribution in [2.45, 2.75) is 25.9 Å². The van der Waals surface area contributed by atoms with E-state index in [0.717, 1.165) is 34.7 Å². The fourth-order valence-electron chi connectivity index (χ4n) is 3.84. The highest BCUT2D eigenvalue weighted by Gasteiger charge is 2.30. The normalized spacial score (nSPS) is 13.1. The molecule has 4 aromatic rings. The maximum absolute atomic E-state index is 13.2. The molecule has 1 saturated carbocycles. The van der Waals surface area contributed by atoms with Crippen LogP contribution >= 0.6 is 0 Å². The lowest BCUT2D eigenvalue weighted by atomic mass is 10.0. The van der Waals surface area contributed by atoms with E-state index in [2.05, 4.69) is 15.7 Å². The highest BCUT2D eigenvalue weighted by Crippen LogP contribution is 2.32. The summed E-state index contributed by atoms with van der Waals surface area (Å²) in [6, 6.07) is 21.5. The summed E-state index contributed by atoms with van der Waals surface area (Å²) in [6.45, 7) is 1.02. The summed E-state index contributed by atoms with van der Waals surface area (Å²) in [5, 5.41) is 12.2. The minimum Gasteiger partial charge on any atom is -0.348 e. The van der Waals surface area contributed by atoms with Crippen molar-refractivity contribution in [2.24, 2.45) is 5.92 Å². The number of aromatic nitrogens is 2. The largest absolute Gasteiger partial charge is 0.348 e. The van der Waals surface area contributed by atoms with Crippen molar-refractivity contribution in [2.75, 3.05) is 5.32 Å². The molecule has 2 amide bonds. The molecule has 32 heavy (non-hydrogen) atoms. The van der Waals surface area contributed by atoms with E-state index in [0.29, 0.717) is 24.3 Å². The van der Waals surface area contributed by atoms with Gasteiger partial charge in [-0.05, 0) is 52.9 Å². The average Bonchev–Trinajstić information content (AvgIpc) is 3.55. The molecule has 0 spiro atoms. The number of nitrogens with zero attached hydrogens (tertiary/aromatic N) is 2. The number of hydrogen-bond acceptors (Lipinski definition) is 3. The lowest BCUT2D eigenvalue weighted by molar-refractivity contribution is -0.117. The summed E-state index contributed by atoms with van der Waals surface area (Å²) in [5.74, 6) is -0.166. The zero-order chi connectivity index (χ0) is 21.9. The van der Waals surface area contributed by atoms with Crippen LogP contribution in [0.5, 0.6) is 0 Å². The molecule has 0 atom stereocenters. The van der Waals surface area contributed by atoms with E-state index in [4.69, 9.17) is 0 Å². The average molecular weight is 425 g/mol. The number of benzene rings is 3. The molecule has 0 unspecified atom stereocenters. The molecular weight excluding hydrogens is 400 g/mol. The Bertz CT molecular complexity index is 1280. The molecule has 160 valence electrons. The molecule has 1 aliphatic carbocycles. The van der Waals surface area contributed by atoms with Gasteiger partial charge in [-0.15, -0.1) is 0 Å². The van der Waals surface area contributed by atoms with Gasteiger partial charge >= 0.3 is 0 Å². The van der Waals surface area contributed by atoms with Gasteiger partial charge in [0, 0.05) is 24.9 Å². The Morgan fingerprint density at radius 1 is 0.938 bits per heavy atom. The molecule has 2 N–H and O–H groups in total. The van der Waals surface area contributed by atoms with E-state index >= 15 is 0 Å². The molecule has 3 aromatic carbocycles. The zero-order valence-electron chi connectivity index (χ0n) is 17.6. The van der Waals surface area contributed by atoms with Gasteiger partial charge in [0.1, 0.15) is 0 Å². The second-order valence-electron chi connectivity index (χ2n) is 8.16. The molecule has 0 radical (unpaired) electrons. The third-order valence-electron chi connectivity index (χ3n) is 5.79. The van der Waals surface area contributed by atoms with Crippen LogP contribution in [0.1, 0.15) is 34.3 Å². The first kappa shape index (κ1) is 20.0. The number of carbonyl (C=O) groups excluding carboxylic acids is 2. The highest BCUT2D eigenvalue weighted by atomic mass is 16.2. The smallest absolute Gasteiger partial charge is 0.253 e. The lowest BCUT2D eigenvalue weighted by Crippen LogP contribution is -2.26. The Labute approximate surface area is 186 Å². The Kier molecular flexibility index (Phi) is 5.42. The van der Waals surface area contributed by atoms with Gasteiger partial charge in [-0.3, -0.25) is 14.3 Å². The SMILES string of the molecule is O=C(NCc1ccccc1Cn1cccn1)c1cc2ccccc2cc1NC(=O)C1CC1. The van der Waals surface area contributed by atoms with E-state index < -0.39 is 0 Å². The number of nitrogens with one attached hydrogen (secondary N) is 2. The number of rotatable bonds is 7. The molecule has 6 heteroatoms. The molecule has 1 fully saturated rings. The minimum atomic E-state index is -0.212. The van der Waals surface area contributed by atoms with Crippen molar-refractivity contribution in [1.29, 1.82) is 0 Å². The van der Waals surface area contributed by atoms with Gasteiger partial charge in [0.2, 0.25) is 5.91 Å². The second-order valence-corrected chi connectivity index (χ2v) is 8.16. The number of hydrogen-bond donors (Lipinski definition) is 2. The van der Waals surface area contributed by atoms with E-state index in [1.807, 2.05) is 77.6 Å². The fourth-order valence-corrected chi connectivity index (χ4v) is 3.84. The van der Waals surface area contributed by atoms with Crippen LogP contribution in [0, 0.1) is 5.92 Å². The Balaban J connectivity index is 1.38. The molecule has 0 saturated heterocycles. The second kappa shape index (κ2) is 8.67. The number of amides is 2. The van der Waals surface area contributed by atoms with Crippen LogP contribution < -0.4 is 10.6 Å². The maximum atomic E-state index is 13.2. The molecule has 5 rings (SSSR count). The summed E-state index contributed by atoms with van der Waals surface area (Å²) < 4.78 is 1.86. The van der Waals surface area contributed by atoms with Crippen LogP contribution in [0.4, 0.5) is 5.69 Å². The molecule has 6 nitrogen and oxygen atoms in total. The van der Waals surface area contributed by atoms with Crippen LogP contribution in [0.25, 0.3) is 10.8 Å². The third kappa shape index (κ3) is 4.39. The summed E-state index contributed by atoms with van der Waals surface area (Å²) >= 11 is 0. The van der Waals surface area contributed by atoms with Crippen molar-refractivity contribution in [3.8, 4) is 0 Å². The molecule has 1 heterocycles. The fraction of sp³-hybridized carbons (Fsp3) is 0.192. The Morgan fingerprint density at radius 2 is 1.66 bits per heavy atom. The number of fused-ring (bicyclic) bond motifs is 1. The lowest BCUT2D eigenvalue weighted by Gasteiger charge is -2.15. The Morgan fingerprint density at radius 3 is 2.38 bits per heavy atom. The summed E-state index contributed by atoms with van der Waals surface area (Å²) in [4.78, 5) is 25.6. The quantitative estimate of drug-likeness (QED) is 0.463. The van der Waals surface area contributed by atoms with Crippen molar-refractivity contribution in [3.63, 3.8) is 0 Å². The van der Waals surface area contributed by atoms with E-state index in [1.165, 1.54) is 0 Å². The van der Waals surface area contributed by atoms with Crippen molar-refractivity contribution in [3.05, 3.63) is 95.8 Å². The summed E-state index contributed by atoms with van der Waals surface area (Å²) in [7, 11) is 0.